The van der Waals surface area contributed by atoms with Crippen LogP contribution in [0.4, 0.5) is 20.3 Å². The van der Waals surface area contributed by atoms with Crippen molar-refractivity contribution in [3.05, 3.63) is 35.4 Å². The molecule has 0 spiro atoms. The lowest BCUT2D eigenvalue weighted by Gasteiger charge is -2.11. The largest absolute Gasteiger partial charge is 0.472 e. The number of nitrogens with zero attached hydrogens (tertiary/aromatic N) is 3. The molecule has 2 aromatic rings. The van der Waals surface area contributed by atoms with Gasteiger partial charge in [-0.3, -0.25) is 0 Å². The zero-order valence-electron chi connectivity index (χ0n) is 11.7. The van der Waals surface area contributed by atoms with Crippen molar-refractivity contribution in [3.63, 3.8) is 0 Å². The van der Waals surface area contributed by atoms with Crippen LogP contribution in [0.15, 0.2) is 24.7 Å². The molecule has 0 atom stereocenters. The van der Waals surface area contributed by atoms with Gasteiger partial charge in [0.2, 0.25) is 5.88 Å². The summed E-state index contributed by atoms with van der Waals surface area (Å²) in [7, 11) is 1.71. The fraction of sp³-hybridized carbons (Fsp3) is 0.308. The number of hydrogen-bond acceptors (Lipinski definition) is 6. The van der Waals surface area contributed by atoms with Gasteiger partial charge < -0.3 is 15.4 Å². The van der Waals surface area contributed by atoms with Gasteiger partial charge in [0.25, 0.3) is 6.43 Å². The van der Waals surface area contributed by atoms with E-state index < -0.39 is 13.0 Å². The van der Waals surface area contributed by atoms with Crippen molar-refractivity contribution >= 4 is 23.1 Å². The minimum atomic E-state index is -2.54. The third kappa shape index (κ3) is 4.39. The van der Waals surface area contributed by atoms with E-state index >= 15 is 0 Å². The number of nitrogens with one attached hydrogen (secondary N) is 2. The Balaban J connectivity index is 2.03. The van der Waals surface area contributed by atoms with E-state index in [2.05, 4.69) is 25.6 Å². The van der Waals surface area contributed by atoms with Crippen molar-refractivity contribution in [2.24, 2.45) is 0 Å². The van der Waals surface area contributed by atoms with Crippen molar-refractivity contribution in [2.75, 3.05) is 24.3 Å². The Bertz CT molecular complexity index is 629. The van der Waals surface area contributed by atoms with Crippen LogP contribution in [-0.2, 0) is 6.54 Å². The van der Waals surface area contributed by atoms with Gasteiger partial charge in [-0.2, -0.15) is 0 Å². The number of ether oxygens (including phenoxy) is 1. The molecular weight excluding hydrogens is 316 g/mol. The smallest absolute Gasteiger partial charge is 0.272 e. The SMILES string of the molecule is CNc1c(Cl)ncnc1NCc1ccnc(OCC(F)F)c1. The maximum absolute atomic E-state index is 12.1. The minimum absolute atomic E-state index is 0.147. The van der Waals surface area contributed by atoms with Crippen LogP contribution in [0.25, 0.3) is 0 Å². The van der Waals surface area contributed by atoms with Gasteiger partial charge in [0.15, 0.2) is 17.6 Å². The maximum Gasteiger partial charge on any atom is 0.272 e. The second-order valence-corrected chi connectivity index (χ2v) is 4.55. The van der Waals surface area contributed by atoms with Crippen LogP contribution in [0.2, 0.25) is 5.15 Å². The normalized spacial score (nSPS) is 10.6. The van der Waals surface area contributed by atoms with Crippen LogP contribution >= 0.6 is 11.6 Å². The topological polar surface area (TPSA) is 72.0 Å². The molecule has 0 aliphatic carbocycles. The molecule has 2 rings (SSSR count). The van der Waals surface area contributed by atoms with E-state index in [9.17, 15) is 8.78 Å². The summed E-state index contributed by atoms with van der Waals surface area (Å²) in [4.78, 5) is 11.8. The van der Waals surface area contributed by atoms with E-state index in [1.807, 2.05) is 0 Å². The van der Waals surface area contributed by atoms with Gasteiger partial charge in [-0.1, -0.05) is 11.6 Å². The molecule has 0 bridgehead atoms. The Labute approximate surface area is 130 Å². The highest BCUT2D eigenvalue weighted by molar-refractivity contribution is 6.32. The summed E-state index contributed by atoms with van der Waals surface area (Å²) in [5.74, 6) is 0.684. The Kier molecular flexibility index (Phi) is 5.65. The quantitative estimate of drug-likeness (QED) is 0.761. The molecular formula is C13H14ClF2N5O. The fourth-order valence-electron chi connectivity index (χ4n) is 1.69. The predicted molar refractivity (Wildman–Crippen MR) is 79.7 cm³/mol. The molecule has 22 heavy (non-hydrogen) atoms. The van der Waals surface area contributed by atoms with Crippen LogP contribution in [-0.4, -0.2) is 35.0 Å². The second kappa shape index (κ2) is 7.69. The van der Waals surface area contributed by atoms with Crippen LogP contribution in [0.1, 0.15) is 5.56 Å². The average molecular weight is 330 g/mol. The Morgan fingerprint density at radius 2 is 2.14 bits per heavy atom. The van der Waals surface area contributed by atoms with Crippen molar-refractivity contribution in [1.29, 1.82) is 0 Å². The first-order chi connectivity index (χ1) is 10.6. The molecule has 0 unspecified atom stereocenters. The molecule has 0 amide bonds. The van der Waals surface area contributed by atoms with Gasteiger partial charge >= 0.3 is 0 Å². The molecule has 2 aromatic heterocycles. The molecule has 0 aliphatic rings. The highest BCUT2D eigenvalue weighted by Gasteiger charge is 2.09. The number of anilines is 2. The molecule has 0 fully saturated rings. The third-order valence-corrected chi connectivity index (χ3v) is 2.95. The second-order valence-electron chi connectivity index (χ2n) is 4.20. The van der Waals surface area contributed by atoms with Crippen molar-refractivity contribution in [2.45, 2.75) is 13.0 Å². The summed E-state index contributed by atoms with van der Waals surface area (Å²) in [5.41, 5.74) is 1.38. The lowest BCUT2D eigenvalue weighted by Crippen LogP contribution is -2.09. The lowest BCUT2D eigenvalue weighted by molar-refractivity contribution is 0.0795. The van der Waals surface area contributed by atoms with Gasteiger partial charge in [0.1, 0.15) is 12.0 Å². The molecule has 0 aromatic carbocycles. The van der Waals surface area contributed by atoms with Gasteiger partial charge in [0, 0.05) is 25.9 Å². The first kappa shape index (κ1) is 16.2. The van der Waals surface area contributed by atoms with E-state index in [1.165, 1.54) is 12.5 Å². The number of hydrogen-bond donors (Lipinski definition) is 2. The Hall–Kier alpha value is -2.22. The van der Waals surface area contributed by atoms with E-state index in [0.717, 1.165) is 5.56 Å². The van der Waals surface area contributed by atoms with Crippen molar-refractivity contribution < 1.29 is 13.5 Å². The summed E-state index contributed by atoms with van der Waals surface area (Å²) in [6.45, 7) is -0.287. The summed E-state index contributed by atoms with van der Waals surface area (Å²) in [5, 5.41) is 6.29. The number of pyridine rings is 1. The number of halogens is 3. The number of aromatic nitrogens is 3. The van der Waals surface area contributed by atoms with Gasteiger partial charge in [-0.15, -0.1) is 0 Å². The molecule has 0 saturated carbocycles. The maximum atomic E-state index is 12.1. The monoisotopic (exact) mass is 329 g/mol. The zero-order chi connectivity index (χ0) is 15.9. The summed E-state index contributed by atoms with van der Waals surface area (Å²) in [6.07, 6.45) is 0.295. The minimum Gasteiger partial charge on any atom is -0.472 e. The number of rotatable bonds is 7. The van der Waals surface area contributed by atoms with Crippen molar-refractivity contribution in [3.8, 4) is 5.88 Å². The zero-order valence-corrected chi connectivity index (χ0v) is 12.4. The molecule has 0 aliphatic heterocycles. The highest BCUT2D eigenvalue weighted by Crippen LogP contribution is 2.25. The molecule has 0 radical (unpaired) electrons. The molecule has 2 heterocycles. The first-order valence-electron chi connectivity index (χ1n) is 6.38. The van der Waals surface area contributed by atoms with Gasteiger partial charge in [-0.05, 0) is 11.6 Å². The molecule has 9 heteroatoms. The standard InChI is InChI=1S/C13H14ClF2N5O/c1-17-11-12(14)20-7-21-13(11)19-5-8-2-3-18-10(4-8)22-6-9(15)16/h2-4,7,9,17H,5-6H2,1H3,(H,19,20,21). The van der Waals surface area contributed by atoms with Crippen molar-refractivity contribution in [1.82, 2.24) is 15.0 Å². The predicted octanol–water partition coefficient (Wildman–Crippen LogP) is 2.82. The number of alkyl halides is 2. The first-order valence-corrected chi connectivity index (χ1v) is 6.76. The lowest BCUT2D eigenvalue weighted by atomic mass is 10.2. The van der Waals surface area contributed by atoms with Crippen LogP contribution in [0.3, 0.4) is 0 Å². The summed E-state index contributed by atoms with van der Waals surface area (Å²) >= 11 is 5.95. The van der Waals surface area contributed by atoms with Gasteiger partial charge in [0.05, 0.1) is 0 Å². The molecule has 6 nitrogen and oxygen atoms in total. The highest BCUT2D eigenvalue weighted by atomic mass is 35.5. The fourth-order valence-corrected chi connectivity index (χ4v) is 1.92. The molecule has 0 saturated heterocycles. The molecule has 2 N–H and O–H groups in total. The Morgan fingerprint density at radius 1 is 1.32 bits per heavy atom. The average Bonchev–Trinajstić information content (AvgIpc) is 2.51. The van der Waals surface area contributed by atoms with E-state index in [0.29, 0.717) is 23.2 Å². The molecule has 118 valence electrons. The van der Waals surface area contributed by atoms with Gasteiger partial charge in [-0.25, -0.2) is 23.7 Å². The van der Waals surface area contributed by atoms with Crippen LogP contribution in [0.5, 0.6) is 5.88 Å². The van der Waals surface area contributed by atoms with E-state index in [4.69, 9.17) is 16.3 Å². The van der Waals surface area contributed by atoms with Crippen LogP contribution in [0, 0.1) is 0 Å². The summed E-state index contributed by atoms with van der Waals surface area (Å²) in [6, 6.07) is 3.32. The van der Waals surface area contributed by atoms with Crippen LogP contribution < -0.4 is 15.4 Å². The Morgan fingerprint density at radius 3 is 2.86 bits per heavy atom. The van der Waals surface area contributed by atoms with E-state index in [-0.39, 0.29) is 5.88 Å². The van der Waals surface area contributed by atoms with E-state index in [1.54, 1.807) is 19.2 Å². The summed E-state index contributed by atoms with van der Waals surface area (Å²) < 4.78 is 29.1. The third-order valence-electron chi connectivity index (χ3n) is 2.67.